The number of allylic oxidation sites excluding steroid dienone is 1. The standard InChI is InChI=1S/C26H37N5O/c1-5-7-26(28-21(3)6-2)31(20-27)24-10-8-22(9-11-24)29-16-18-30(19-17-29)23-12-14-25(32-4)15-13-23/h7-15,20-21,27-28H,5-6,16-19H2,1-4H3. The minimum absolute atomic E-state index is 0.358. The number of hydrogen-bond acceptors (Lipinski definition) is 5. The number of ether oxygens (including phenoxy) is 1. The Morgan fingerprint density at radius 2 is 1.53 bits per heavy atom. The molecule has 1 aliphatic heterocycles. The van der Waals surface area contributed by atoms with Crippen LogP contribution >= 0.6 is 0 Å². The van der Waals surface area contributed by atoms with Crippen LogP contribution < -0.4 is 24.8 Å². The summed E-state index contributed by atoms with van der Waals surface area (Å²) in [6.45, 7) is 10.4. The number of nitrogens with zero attached hydrogens (tertiary/aromatic N) is 3. The van der Waals surface area contributed by atoms with Crippen LogP contribution in [0, 0.1) is 5.41 Å². The number of anilines is 3. The SMILES string of the molecule is CCC=C(NC(C)CC)N(C=N)c1ccc(N2CCN(c3ccc(OC)cc3)CC2)cc1. The Labute approximate surface area is 193 Å². The Morgan fingerprint density at radius 3 is 1.97 bits per heavy atom. The highest BCUT2D eigenvalue weighted by Gasteiger charge is 2.18. The van der Waals surface area contributed by atoms with Crippen molar-refractivity contribution in [1.82, 2.24) is 5.32 Å². The van der Waals surface area contributed by atoms with Crippen LogP contribution in [-0.4, -0.2) is 45.7 Å². The maximum absolute atomic E-state index is 7.98. The van der Waals surface area contributed by atoms with Crippen molar-refractivity contribution in [3.8, 4) is 5.75 Å². The molecule has 2 aromatic carbocycles. The third-order valence-corrected chi connectivity index (χ3v) is 6.00. The molecule has 1 heterocycles. The van der Waals surface area contributed by atoms with E-state index in [4.69, 9.17) is 10.1 Å². The quantitative estimate of drug-likeness (QED) is 0.403. The molecule has 6 nitrogen and oxygen atoms in total. The normalized spacial score (nSPS) is 15.3. The van der Waals surface area contributed by atoms with E-state index in [0.29, 0.717) is 6.04 Å². The number of benzene rings is 2. The van der Waals surface area contributed by atoms with Crippen molar-refractivity contribution in [1.29, 1.82) is 5.41 Å². The number of rotatable bonds is 10. The fourth-order valence-electron chi connectivity index (χ4n) is 3.90. The molecular formula is C26H37N5O. The van der Waals surface area contributed by atoms with Gasteiger partial charge in [0.25, 0.3) is 0 Å². The number of methoxy groups -OCH3 is 1. The lowest BCUT2D eigenvalue weighted by atomic mass is 10.2. The van der Waals surface area contributed by atoms with Gasteiger partial charge in [-0.3, -0.25) is 10.3 Å². The summed E-state index contributed by atoms with van der Waals surface area (Å²) in [7, 11) is 1.70. The van der Waals surface area contributed by atoms with Crippen molar-refractivity contribution in [2.24, 2.45) is 0 Å². The van der Waals surface area contributed by atoms with Gasteiger partial charge in [-0.15, -0.1) is 0 Å². The maximum Gasteiger partial charge on any atom is 0.119 e. The smallest absolute Gasteiger partial charge is 0.119 e. The lowest BCUT2D eigenvalue weighted by Crippen LogP contribution is -2.46. The van der Waals surface area contributed by atoms with Gasteiger partial charge in [-0.05, 0) is 74.4 Å². The minimum atomic E-state index is 0.358. The first-order chi connectivity index (χ1) is 15.6. The van der Waals surface area contributed by atoms with E-state index in [1.807, 2.05) is 17.0 Å². The second-order valence-corrected chi connectivity index (χ2v) is 8.14. The van der Waals surface area contributed by atoms with Crippen molar-refractivity contribution in [3.05, 3.63) is 60.4 Å². The molecule has 0 bridgehead atoms. The van der Waals surface area contributed by atoms with Crippen molar-refractivity contribution < 1.29 is 4.74 Å². The number of hydrogen-bond donors (Lipinski definition) is 2. The predicted octanol–water partition coefficient (Wildman–Crippen LogP) is 5.07. The van der Waals surface area contributed by atoms with Crippen LogP contribution in [0.4, 0.5) is 17.1 Å². The highest BCUT2D eigenvalue weighted by molar-refractivity contribution is 5.81. The molecule has 32 heavy (non-hydrogen) atoms. The van der Waals surface area contributed by atoms with E-state index in [1.165, 1.54) is 17.7 Å². The predicted molar refractivity (Wildman–Crippen MR) is 136 cm³/mol. The van der Waals surface area contributed by atoms with E-state index in [0.717, 1.165) is 56.3 Å². The number of nitrogens with one attached hydrogen (secondary N) is 2. The van der Waals surface area contributed by atoms with Gasteiger partial charge in [0, 0.05) is 49.3 Å². The van der Waals surface area contributed by atoms with Crippen LogP contribution in [0.5, 0.6) is 5.75 Å². The molecule has 1 aliphatic rings. The van der Waals surface area contributed by atoms with Crippen molar-refractivity contribution >= 4 is 23.4 Å². The van der Waals surface area contributed by atoms with Crippen LogP contribution in [0.15, 0.2) is 60.4 Å². The summed E-state index contributed by atoms with van der Waals surface area (Å²) in [5.41, 5.74) is 3.46. The molecule has 6 heteroatoms. The van der Waals surface area contributed by atoms with Gasteiger partial charge in [-0.2, -0.15) is 0 Å². The molecular weight excluding hydrogens is 398 g/mol. The van der Waals surface area contributed by atoms with Gasteiger partial charge in [0.2, 0.25) is 0 Å². The Morgan fingerprint density at radius 1 is 1.00 bits per heavy atom. The molecule has 1 atom stereocenters. The van der Waals surface area contributed by atoms with Crippen molar-refractivity contribution in [2.75, 3.05) is 48.0 Å². The zero-order valence-electron chi connectivity index (χ0n) is 19.8. The van der Waals surface area contributed by atoms with Crippen LogP contribution in [-0.2, 0) is 0 Å². The van der Waals surface area contributed by atoms with E-state index in [-0.39, 0.29) is 0 Å². The summed E-state index contributed by atoms with van der Waals surface area (Å²) in [6.07, 6.45) is 5.48. The summed E-state index contributed by atoms with van der Waals surface area (Å²) >= 11 is 0. The van der Waals surface area contributed by atoms with Crippen LogP contribution in [0.3, 0.4) is 0 Å². The third kappa shape index (κ3) is 5.75. The van der Waals surface area contributed by atoms with Crippen LogP contribution in [0.2, 0.25) is 0 Å². The van der Waals surface area contributed by atoms with E-state index < -0.39 is 0 Å². The summed E-state index contributed by atoms with van der Waals surface area (Å²) in [6, 6.07) is 17.2. The first-order valence-electron chi connectivity index (χ1n) is 11.6. The Hall–Kier alpha value is -3.15. The molecule has 0 amide bonds. The third-order valence-electron chi connectivity index (χ3n) is 6.00. The fraction of sp³-hybridized carbons (Fsp3) is 0.423. The Bertz CT molecular complexity index is 870. The van der Waals surface area contributed by atoms with E-state index >= 15 is 0 Å². The van der Waals surface area contributed by atoms with Gasteiger partial charge < -0.3 is 19.9 Å². The second kappa shape index (κ2) is 11.5. The first-order valence-corrected chi connectivity index (χ1v) is 11.6. The molecule has 1 unspecified atom stereocenters. The number of piperazine rings is 1. The zero-order chi connectivity index (χ0) is 22.9. The minimum Gasteiger partial charge on any atom is -0.497 e. The topological polar surface area (TPSA) is 54.8 Å². The summed E-state index contributed by atoms with van der Waals surface area (Å²) < 4.78 is 5.27. The molecule has 3 rings (SSSR count). The average molecular weight is 436 g/mol. The molecule has 0 saturated carbocycles. The van der Waals surface area contributed by atoms with Crippen molar-refractivity contribution in [2.45, 2.75) is 39.7 Å². The molecule has 172 valence electrons. The fourth-order valence-corrected chi connectivity index (χ4v) is 3.90. The molecule has 0 aromatic heterocycles. The van der Waals surface area contributed by atoms with Crippen LogP contribution in [0.25, 0.3) is 0 Å². The largest absolute Gasteiger partial charge is 0.497 e. The van der Waals surface area contributed by atoms with Gasteiger partial charge in [0.1, 0.15) is 11.6 Å². The Kier molecular flexibility index (Phi) is 8.42. The molecule has 0 aliphatic carbocycles. The molecule has 0 radical (unpaired) electrons. The van der Waals surface area contributed by atoms with Gasteiger partial charge in [-0.25, -0.2) is 0 Å². The first kappa shape index (κ1) is 23.5. The van der Waals surface area contributed by atoms with Gasteiger partial charge in [-0.1, -0.05) is 13.8 Å². The lowest BCUT2D eigenvalue weighted by Gasteiger charge is -2.37. The Balaban J connectivity index is 1.64. The average Bonchev–Trinajstić information content (AvgIpc) is 2.85. The summed E-state index contributed by atoms with van der Waals surface area (Å²) in [4.78, 5) is 6.77. The van der Waals surface area contributed by atoms with Gasteiger partial charge in [0.15, 0.2) is 0 Å². The molecule has 2 aromatic rings. The summed E-state index contributed by atoms with van der Waals surface area (Å²) in [5.74, 6) is 1.86. The monoisotopic (exact) mass is 435 g/mol. The molecule has 0 spiro atoms. The maximum atomic E-state index is 7.98. The molecule has 2 N–H and O–H groups in total. The van der Waals surface area contributed by atoms with Gasteiger partial charge >= 0.3 is 0 Å². The van der Waals surface area contributed by atoms with Crippen molar-refractivity contribution in [3.63, 3.8) is 0 Å². The highest BCUT2D eigenvalue weighted by atomic mass is 16.5. The van der Waals surface area contributed by atoms with Crippen LogP contribution in [0.1, 0.15) is 33.6 Å². The van der Waals surface area contributed by atoms with E-state index in [9.17, 15) is 0 Å². The summed E-state index contributed by atoms with van der Waals surface area (Å²) in [5, 5.41) is 11.5. The van der Waals surface area contributed by atoms with Gasteiger partial charge in [0.05, 0.1) is 13.4 Å². The molecule has 1 saturated heterocycles. The second-order valence-electron chi connectivity index (χ2n) is 8.14. The molecule has 1 fully saturated rings. The lowest BCUT2D eigenvalue weighted by molar-refractivity contribution is 0.415. The zero-order valence-corrected chi connectivity index (χ0v) is 19.8. The van der Waals surface area contributed by atoms with E-state index in [2.05, 4.69) is 78.4 Å². The van der Waals surface area contributed by atoms with E-state index in [1.54, 1.807) is 7.11 Å². The highest BCUT2D eigenvalue weighted by Crippen LogP contribution is 2.25.